The van der Waals surface area contributed by atoms with Gasteiger partial charge < -0.3 is 14.2 Å². The number of carbonyl (C=O) groups excluding carboxylic acids is 1. The number of hydrogen-bond donors (Lipinski definition) is 0. The van der Waals surface area contributed by atoms with Gasteiger partial charge in [-0.05, 0) is 67.1 Å². The van der Waals surface area contributed by atoms with Crippen molar-refractivity contribution in [2.75, 3.05) is 20.2 Å². The number of rotatable bonds is 6. The number of amides is 1. The van der Waals surface area contributed by atoms with Gasteiger partial charge in [0.2, 0.25) is 0 Å². The lowest BCUT2D eigenvalue weighted by molar-refractivity contribution is 0.0763. The van der Waals surface area contributed by atoms with Crippen LogP contribution in [0.15, 0.2) is 54.7 Å². The van der Waals surface area contributed by atoms with Crippen molar-refractivity contribution >= 4 is 16.8 Å². The first-order valence-electron chi connectivity index (χ1n) is 10.1. The lowest BCUT2D eigenvalue weighted by Gasteiger charge is -2.18. The first-order valence-corrected chi connectivity index (χ1v) is 10.1. The fourth-order valence-corrected chi connectivity index (χ4v) is 4.02. The van der Waals surface area contributed by atoms with Crippen molar-refractivity contribution in [1.29, 1.82) is 0 Å². The van der Waals surface area contributed by atoms with Crippen molar-refractivity contribution in [1.82, 2.24) is 9.47 Å². The Balaban J connectivity index is 1.39. The SMILES string of the molecule is CN(CCCC1CCCO1)C(=O)c1ccc(-c2ccc3c(ccn3C)c2)cc1. The monoisotopic (exact) mass is 376 g/mol. The number of aromatic nitrogens is 1. The number of nitrogens with zero attached hydrogens (tertiary/aromatic N) is 2. The second-order valence-corrected chi connectivity index (χ2v) is 7.78. The molecule has 4 heteroatoms. The van der Waals surface area contributed by atoms with Crippen LogP contribution in [0.3, 0.4) is 0 Å². The fraction of sp³-hybridized carbons (Fsp3) is 0.375. The van der Waals surface area contributed by atoms with Gasteiger partial charge in [-0.15, -0.1) is 0 Å². The van der Waals surface area contributed by atoms with Crippen LogP contribution in [-0.4, -0.2) is 41.7 Å². The second-order valence-electron chi connectivity index (χ2n) is 7.78. The number of aryl methyl sites for hydroxylation is 1. The first-order chi connectivity index (χ1) is 13.6. The van der Waals surface area contributed by atoms with E-state index in [0.717, 1.165) is 43.5 Å². The highest BCUT2D eigenvalue weighted by molar-refractivity contribution is 5.94. The third kappa shape index (κ3) is 3.97. The molecule has 28 heavy (non-hydrogen) atoms. The molecular weight excluding hydrogens is 348 g/mol. The molecule has 4 nitrogen and oxygen atoms in total. The third-order valence-corrected chi connectivity index (χ3v) is 5.74. The van der Waals surface area contributed by atoms with Crippen LogP contribution >= 0.6 is 0 Å². The van der Waals surface area contributed by atoms with Crippen molar-refractivity contribution in [3.63, 3.8) is 0 Å². The zero-order valence-electron chi connectivity index (χ0n) is 16.7. The van der Waals surface area contributed by atoms with E-state index >= 15 is 0 Å². The summed E-state index contributed by atoms with van der Waals surface area (Å²) in [5.41, 5.74) is 4.26. The van der Waals surface area contributed by atoms with Crippen LogP contribution in [0.2, 0.25) is 0 Å². The Morgan fingerprint density at radius 1 is 1.14 bits per heavy atom. The number of carbonyl (C=O) groups is 1. The highest BCUT2D eigenvalue weighted by atomic mass is 16.5. The van der Waals surface area contributed by atoms with Gasteiger partial charge in [0.15, 0.2) is 0 Å². The summed E-state index contributed by atoms with van der Waals surface area (Å²) < 4.78 is 7.78. The summed E-state index contributed by atoms with van der Waals surface area (Å²) in [6.07, 6.45) is 6.83. The minimum Gasteiger partial charge on any atom is -0.378 e. The molecule has 1 aliphatic rings. The minimum absolute atomic E-state index is 0.0809. The first kappa shape index (κ1) is 18.8. The molecule has 0 saturated carbocycles. The summed E-state index contributed by atoms with van der Waals surface area (Å²) in [5, 5.41) is 1.23. The maximum atomic E-state index is 12.7. The van der Waals surface area contributed by atoms with Gasteiger partial charge in [0.05, 0.1) is 6.10 Å². The molecule has 0 bridgehead atoms. The molecule has 1 fully saturated rings. The summed E-state index contributed by atoms with van der Waals surface area (Å²) >= 11 is 0. The Morgan fingerprint density at radius 2 is 1.93 bits per heavy atom. The van der Waals surface area contributed by atoms with E-state index in [0.29, 0.717) is 6.10 Å². The molecule has 3 aromatic rings. The van der Waals surface area contributed by atoms with E-state index in [-0.39, 0.29) is 5.91 Å². The Kier molecular flexibility index (Phi) is 5.49. The third-order valence-electron chi connectivity index (χ3n) is 5.74. The molecule has 1 aliphatic heterocycles. The van der Waals surface area contributed by atoms with E-state index in [1.807, 2.05) is 36.2 Å². The van der Waals surface area contributed by atoms with E-state index < -0.39 is 0 Å². The summed E-state index contributed by atoms with van der Waals surface area (Å²) in [4.78, 5) is 14.5. The molecule has 0 spiro atoms. The average Bonchev–Trinajstić information content (AvgIpc) is 3.37. The molecule has 146 valence electrons. The summed E-state index contributed by atoms with van der Waals surface area (Å²) in [5.74, 6) is 0.0809. The lowest BCUT2D eigenvalue weighted by atomic mass is 10.0. The van der Waals surface area contributed by atoms with Gasteiger partial charge in [-0.1, -0.05) is 18.2 Å². The summed E-state index contributed by atoms with van der Waals surface area (Å²) in [6, 6.07) is 16.6. The molecule has 2 heterocycles. The molecule has 1 aromatic heterocycles. The zero-order valence-corrected chi connectivity index (χ0v) is 16.7. The predicted molar refractivity (Wildman–Crippen MR) is 114 cm³/mol. The molecule has 2 aromatic carbocycles. The van der Waals surface area contributed by atoms with Crippen molar-refractivity contribution in [2.45, 2.75) is 31.8 Å². The minimum atomic E-state index is 0.0809. The molecule has 1 atom stereocenters. The predicted octanol–water partition coefficient (Wildman–Crippen LogP) is 4.88. The standard InChI is InChI=1S/C24H28N2O2/c1-25-15-13-21-17-20(11-12-23(21)25)18-7-9-19(10-8-18)24(27)26(2)14-3-5-22-6-4-16-28-22/h7-13,15,17,22H,3-6,14,16H2,1-2H3. The van der Waals surface area contributed by atoms with Crippen molar-refractivity contribution in [2.24, 2.45) is 7.05 Å². The highest BCUT2D eigenvalue weighted by Crippen LogP contribution is 2.25. The Labute approximate surface area is 166 Å². The van der Waals surface area contributed by atoms with E-state index in [1.54, 1.807) is 0 Å². The quantitative estimate of drug-likeness (QED) is 0.615. The summed E-state index contributed by atoms with van der Waals surface area (Å²) in [7, 11) is 3.94. The maximum Gasteiger partial charge on any atom is 0.253 e. The second kappa shape index (κ2) is 8.19. The molecule has 1 amide bonds. The van der Waals surface area contributed by atoms with Crippen LogP contribution in [0.1, 0.15) is 36.0 Å². The Morgan fingerprint density at radius 3 is 2.68 bits per heavy atom. The van der Waals surface area contributed by atoms with Crippen LogP contribution < -0.4 is 0 Å². The zero-order chi connectivity index (χ0) is 19.5. The summed E-state index contributed by atoms with van der Waals surface area (Å²) in [6.45, 7) is 1.66. The molecule has 1 saturated heterocycles. The number of benzene rings is 2. The van der Waals surface area contributed by atoms with Crippen molar-refractivity contribution in [3.8, 4) is 11.1 Å². The van der Waals surface area contributed by atoms with Gasteiger partial charge in [-0.3, -0.25) is 4.79 Å². The van der Waals surface area contributed by atoms with Crippen LogP contribution in [0.25, 0.3) is 22.0 Å². The topological polar surface area (TPSA) is 34.5 Å². The van der Waals surface area contributed by atoms with Gasteiger partial charge in [-0.2, -0.15) is 0 Å². The molecular formula is C24H28N2O2. The average molecular weight is 377 g/mol. The van der Waals surface area contributed by atoms with Crippen LogP contribution in [0, 0.1) is 0 Å². The number of fused-ring (bicyclic) bond motifs is 1. The van der Waals surface area contributed by atoms with E-state index in [2.05, 4.69) is 42.1 Å². The lowest BCUT2D eigenvalue weighted by Crippen LogP contribution is -2.28. The van der Waals surface area contributed by atoms with Crippen LogP contribution in [0.5, 0.6) is 0 Å². The Bertz CT molecular complexity index is 952. The smallest absolute Gasteiger partial charge is 0.253 e. The van der Waals surface area contributed by atoms with Gasteiger partial charge >= 0.3 is 0 Å². The normalized spacial score (nSPS) is 16.6. The van der Waals surface area contributed by atoms with Crippen LogP contribution in [-0.2, 0) is 11.8 Å². The molecule has 4 rings (SSSR count). The van der Waals surface area contributed by atoms with Crippen molar-refractivity contribution < 1.29 is 9.53 Å². The maximum absolute atomic E-state index is 12.7. The molecule has 0 N–H and O–H groups in total. The molecule has 1 unspecified atom stereocenters. The molecule has 0 aliphatic carbocycles. The van der Waals surface area contributed by atoms with Gasteiger partial charge in [0, 0.05) is 49.9 Å². The van der Waals surface area contributed by atoms with Crippen LogP contribution in [0.4, 0.5) is 0 Å². The number of hydrogen-bond acceptors (Lipinski definition) is 2. The van der Waals surface area contributed by atoms with E-state index in [4.69, 9.17) is 4.74 Å². The fourth-order valence-electron chi connectivity index (χ4n) is 4.02. The van der Waals surface area contributed by atoms with Gasteiger partial charge in [0.1, 0.15) is 0 Å². The highest BCUT2D eigenvalue weighted by Gasteiger charge is 2.16. The van der Waals surface area contributed by atoms with Crippen molar-refractivity contribution in [3.05, 3.63) is 60.3 Å². The largest absolute Gasteiger partial charge is 0.378 e. The van der Waals surface area contributed by atoms with E-state index in [9.17, 15) is 4.79 Å². The van der Waals surface area contributed by atoms with E-state index in [1.165, 1.54) is 22.9 Å². The van der Waals surface area contributed by atoms with Gasteiger partial charge in [0.25, 0.3) is 5.91 Å². The van der Waals surface area contributed by atoms with Gasteiger partial charge in [-0.25, -0.2) is 0 Å². The number of ether oxygens (including phenoxy) is 1. The molecule has 0 radical (unpaired) electrons. The Hall–Kier alpha value is -2.59.